The van der Waals surface area contributed by atoms with Gasteiger partial charge in [0.1, 0.15) is 0 Å². The largest absolute Gasteiger partial charge is 0.478 e. The number of carboxylic acids is 1. The molecule has 0 unspecified atom stereocenters. The summed E-state index contributed by atoms with van der Waals surface area (Å²) in [4.78, 5) is 41.1. The van der Waals surface area contributed by atoms with Crippen molar-refractivity contribution in [1.82, 2.24) is 4.98 Å². The van der Waals surface area contributed by atoms with Crippen LogP contribution in [0.25, 0.3) is 0 Å². The quantitative estimate of drug-likeness (QED) is 0.177. The highest BCUT2D eigenvalue weighted by molar-refractivity contribution is 8.00. The summed E-state index contributed by atoms with van der Waals surface area (Å²) in [5.41, 5.74) is -0.598. The molecule has 0 bridgehead atoms. The number of anilines is 2. The minimum Gasteiger partial charge on any atom is -0.478 e. The first-order valence-corrected chi connectivity index (χ1v) is 11.9. The van der Waals surface area contributed by atoms with Crippen molar-refractivity contribution >= 4 is 98.1 Å². The fourth-order valence-electron chi connectivity index (χ4n) is 2.46. The Morgan fingerprint density at radius 2 is 1.56 bits per heavy atom. The lowest BCUT2D eigenvalue weighted by molar-refractivity contribution is -0.113. The molecule has 0 saturated carbocycles. The second-order valence-electron chi connectivity index (χ2n) is 5.96. The van der Waals surface area contributed by atoms with Gasteiger partial charge in [0, 0.05) is 22.2 Å². The fourth-order valence-corrected chi connectivity index (χ4v) is 4.73. The zero-order valence-electron chi connectivity index (χ0n) is 15.6. The molecule has 2 aromatic carbocycles. The molecule has 13 heteroatoms. The lowest BCUT2D eigenvalue weighted by Crippen LogP contribution is -2.18. The molecule has 7 nitrogen and oxygen atoms in total. The van der Waals surface area contributed by atoms with Gasteiger partial charge in [0.25, 0.3) is 5.91 Å². The molecule has 0 aliphatic carbocycles. The Labute approximate surface area is 210 Å². The fraction of sp³-hybridized carbons (Fsp3) is 0.0526. The minimum absolute atomic E-state index is 0.171. The number of rotatable bonds is 7. The molecule has 166 valence electrons. The summed E-state index contributed by atoms with van der Waals surface area (Å²) in [6, 6.07) is 6.57. The van der Waals surface area contributed by atoms with Gasteiger partial charge in [-0.25, -0.2) is 9.78 Å². The normalized spacial score (nSPS) is 10.6. The van der Waals surface area contributed by atoms with Crippen LogP contribution in [0.1, 0.15) is 20.7 Å². The lowest BCUT2D eigenvalue weighted by Gasteiger charge is -2.14. The number of benzene rings is 2. The summed E-state index contributed by atoms with van der Waals surface area (Å²) in [5.74, 6) is -2.33. The van der Waals surface area contributed by atoms with Crippen molar-refractivity contribution in [2.24, 2.45) is 0 Å². The number of nitrogens with zero attached hydrogens (tertiary/aromatic N) is 1. The molecule has 0 saturated heterocycles. The van der Waals surface area contributed by atoms with Crippen molar-refractivity contribution in [3.05, 3.63) is 67.1 Å². The van der Waals surface area contributed by atoms with Gasteiger partial charge >= 0.3 is 5.97 Å². The smallest absolute Gasteiger partial charge is 0.338 e. The minimum atomic E-state index is -1.48. The highest BCUT2D eigenvalue weighted by atomic mass is 35.5. The standard InChI is InChI=1S/C19H11Cl4N3O4S2/c20-13-11(12(18(29)30)14(21)16(23)15(13)22)17(28)25-8-1-3-9(4-2-8)32-7-10(27)26-19-24-5-6-31-19/h1-6H,7H2,(H,25,28)(H,29,30)(H,24,26,27). The number of thiazole rings is 1. The van der Waals surface area contributed by atoms with E-state index in [0.29, 0.717) is 10.8 Å². The molecule has 3 rings (SSSR count). The highest BCUT2D eigenvalue weighted by Crippen LogP contribution is 2.41. The molecule has 32 heavy (non-hydrogen) atoms. The molecule has 3 N–H and O–H groups in total. The second kappa shape index (κ2) is 10.7. The van der Waals surface area contributed by atoms with Crippen molar-refractivity contribution < 1.29 is 19.5 Å². The Kier molecular flexibility index (Phi) is 8.26. The lowest BCUT2D eigenvalue weighted by atomic mass is 10.1. The molecule has 0 radical (unpaired) electrons. The van der Waals surface area contributed by atoms with Crippen LogP contribution in [0.4, 0.5) is 10.8 Å². The van der Waals surface area contributed by atoms with Crippen LogP contribution in [0.3, 0.4) is 0 Å². The van der Waals surface area contributed by atoms with Crippen molar-refractivity contribution in [2.45, 2.75) is 4.90 Å². The van der Waals surface area contributed by atoms with E-state index in [1.165, 1.54) is 23.1 Å². The Bertz CT molecular complexity index is 1190. The molecule has 1 heterocycles. The molecule has 2 amide bonds. The van der Waals surface area contributed by atoms with Gasteiger partial charge in [0.2, 0.25) is 5.91 Å². The van der Waals surface area contributed by atoms with Gasteiger partial charge in [-0.1, -0.05) is 46.4 Å². The summed E-state index contributed by atoms with van der Waals surface area (Å²) in [5, 5.41) is 15.8. The molecule has 0 atom stereocenters. The van der Waals surface area contributed by atoms with Gasteiger partial charge in [-0.05, 0) is 24.3 Å². The summed E-state index contributed by atoms with van der Waals surface area (Å²) in [6.07, 6.45) is 1.60. The van der Waals surface area contributed by atoms with Crippen LogP contribution in [0.15, 0.2) is 40.7 Å². The Morgan fingerprint density at radius 3 is 2.12 bits per heavy atom. The summed E-state index contributed by atoms with van der Waals surface area (Å²) < 4.78 is 0. The zero-order valence-corrected chi connectivity index (χ0v) is 20.3. The number of carbonyl (C=O) groups excluding carboxylic acids is 2. The van der Waals surface area contributed by atoms with E-state index in [-0.39, 0.29) is 31.8 Å². The number of thioether (sulfide) groups is 1. The van der Waals surface area contributed by atoms with Crippen LogP contribution >= 0.6 is 69.5 Å². The molecule has 0 spiro atoms. The first kappa shape index (κ1) is 24.6. The van der Waals surface area contributed by atoms with E-state index in [1.807, 2.05) is 0 Å². The van der Waals surface area contributed by atoms with Crippen LogP contribution in [-0.4, -0.2) is 33.6 Å². The van der Waals surface area contributed by atoms with Gasteiger partial charge in [0.05, 0.1) is 37.0 Å². The zero-order chi connectivity index (χ0) is 23.4. The van der Waals surface area contributed by atoms with Gasteiger partial charge in [-0.15, -0.1) is 23.1 Å². The maximum Gasteiger partial charge on any atom is 0.338 e. The van der Waals surface area contributed by atoms with Crippen molar-refractivity contribution in [3.8, 4) is 0 Å². The highest BCUT2D eigenvalue weighted by Gasteiger charge is 2.28. The Morgan fingerprint density at radius 1 is 0.938 bits per heavy atom. The van der Waals surface area contributed by atoms with Crippen LogP contribution in [0.5, 0.6) is 0 Å². The summed E-state index contributed by atoms with van der Waals surface area (Å²) in [7, 11) is 0. The van der Waals surface area contributed by atoms with Gasteiger partial charge in [-0.2, -0.15) is 0 Å². The SMILES string of the molecule is O=C(CSc1ccc(NC(=O)c2c(Cl)c(Cl)c(Cl)c(Cl)c2C(=O)O)cc1)Nc1nccs1. The second-order valence-corrected chi connectivity index (χ2v) is 9.42. The number of nitrogens with one attached hydrogen (secondary N) is 2. The molecule has 0 fully saturated rings. The van der Waals surface area contributed by atoms with Gasteiger partial charge in [-0.3, -0.25) is 9.59 Å². The van der Waals surface area contributed by atoms with E-state index in [2.05, 4.69) is 15.6 Å². The number of amides is 2. The van der Waals surface area contributed by atoms with Crippen LogP contribution in [-0.2, 0) is 4.79 Å². The number of halogens is 4. The van der Waals surface area contributed by atoms with Crippen LogP contribution < -0.4 is 10.6 Å². The average Bonchev–Trinajstić information content (AvgIpc) is 3.26. The van der Waals surface area contributed by atoms with Gasteiger partial charge in [0.15, 0.2) is 5.13 Å². The third-order valence-electron chi connectivity index (χ3n) is 3.87. The molecule has 3 aromatic rings. The molecular formula is C19H11Cl4N3O4S2. The van der Waals surface area contributed by atoms with E-state index in [9.17, 15) is 19.5 Å². The van der Waals surface area contributed by atoms with Gasteiger partial charge < -0.3 is 15.7 Å². The first-order valence-electron chi connectivity index (χ1n) is 8.51. The number of carbonyl (C=O) groups is 3. The molecule has 0 aliphatic rings. The topological polar surface area (TPSA) is 108 Å². The number of hydrogen-bond acceptors (Lipinski definition) is 6. The van der Waals surface area contributed by atoms with E-state index < -0.39 is 23.0 Å². The number of carboxylic acid groups (broad SMARTS) is 1. The summed E-state index contributed by atoms with van der Waals surface area (Å²) in [6.45, 7) is 0. The summed E-state index contributed by atoms with van der Waals surface area (Å²) >= 11 is 26.5. The maximum absolute atomic E-state index is 12.7. The number of aromatic carboxylic acids is 1. The first-order chi connectivity index (χ1) is 15.2. The number of aromatic nitrogens is 1. The van der Waals surface area contributed by atoms with Crippen LogP contribution in [0, 0.1) is 0 Å². The van der Waals surface area contributed by atoms with E-state index >= 15 is 0 Å². The molecular weight excluding hydrogens is 540 g/mol. The average molecular weight is 551 g/mol. The van der Waals surface area contributed by atoms with E-state index in [0.717, 1.165) is 4.90 Å². The predicted octanol–water partition coefficient (Wildman–Crippen LogP) is 6.44. The van der Waals surface area contributed by atoms with E-state index in [1.54, 1.807) is 35.8 Å². The van der Waals surface area contributed by atoms with Crippen molar-refractivity contribution in [2.75, 3.05) is 16.4 Å². The Hall–Kier alpha value is -2.01. The predicted molar refractivity (Wildman–Crippen MR) is 129 cm³/mol. The Balaban J connectivity index is 1.70. The van der Waals surface area contributed by atoms with Crippen molar-refractivity contribution in [3.63, 3.8) is 0 Å². The molecule has 0 aliphatic heterocycles. The number of hydrogen-bond donors (Lipinski definition) is 3. The van der Waals surface area contributed by atoms with E-state index in [4.69, 9.17) is 46.4 Å². The molecule has 1 aromatic heterocycles. The van der Waals surface area contributed by atoms with Crippen molar-refractivity contribution in [1.29, 1.82) is 0 Å². The van der Waals surface area contributed by atoms with Crippen LogP contribution in [0.2, 0.25) is 20.1 Å². The third-order valence-corrected chi connectivity index (χ3v) is 7.37. The maximum atomic E-state index is 12.7. The third kappa shape index (κ3) is 5.67. The monoisotopic (exact) mass is 549 g/mol.